The van der Waals surface area contributed by atoms with Gasteiger partial charge in [-0.15, -0.1) is 0 Å². The number of halogens is 1. The molecular weight excluding hydrogens is 276 g/mol. The Hall–Kier alpha value is -1.06. The third-order valence-electron chi connectivity index (χ3n) is 3.11. The zero-order valence-electron chi connectivity index (χ0n) is 11.4. The number of thioether (sulfide) groups is 1. The Morgan fingerprint density at radius 3 is 2.53 bits per heavy atom. The molecule has 0 bridgehead atoms. The van der Waals surface area contributed by atoms with Gasteiger partial charge in [-0.05, 0) is 31.2 Å². The summed E-state index contributed by atoms with van der Waals surface area (Å²) in [4.78, 5) is 8.92. The summed E-state index contributed by atoms with van der Waals surface area (Å²) >= 11 is 8.01. The van der Waals surface area contributed by atoms with Gasteiger partial charge in [-0.25, -0.2) is 9.97 Å². The van der Waals surface area contributed by atoms with E-state index in [9.17, 15) is 0 Å². The summed E-state index contributed by atoms with van der Waals surface area (Å²) in [5, 5.41) is 0.583. The maximum absolute atomic E-state index is 6.31. The molecule has 2 nitrogen and oxygen atoms in total. The van der Waals surface area contributed by atoms with Crippen LogP contribution in [-0.4, -0.2) is 16.2 Å². The first-order valence-electron chi connectivity index (χ1n) is 6.17. The van der Waals surface area contributed by atoms with Crippen molar-refractivity contribution in [3.05, 3.63) is 57.6 Å². The third kappa shape index (κ3) is 3.48. The van der Waals surface area contributed by atoms with Crippen molar-refractivity contribution in [3.8, 4) is 0 Å². The Labute approximate surface area is 123 Å². The molecule has 1 aromatic carbocycles. The molecule has 0 saturated carbocycles. The highest BCUT2D eigenvalue weighted by Gasteiger charge is 2.11. The fourth-order valence-corrected chi connectivity index (χ4v) is 2.70. The predicted molar refractivity (Wildman–Crippen MR) is 83.0 cm³/mol. The molecule has 0 fully saturated rings. The van der Waals surface area contributed by atoms with Crippen molar-refractivity contribution < 1.29 is 0 Å². The second-order valence-corrected chi connectivity index (χ2v) is 5.75. The van der Waals surface area contributed by atoms with E-state index in [1.165, 1.54) is 11.1 Å². The maximum Gasteiger partial charge on any atom is 0.140 e. The summed E-state index contributed by atoms with van der Waals surface area (Å²) in [6.07, 6.45) is 2.82. The van der Waals surface area contributed by atoms with Gasteiger partial charge in [0.25, 0.3) is 0 Å². The van der Waals surface area contributed by atoms with E-state index in [2.05, 4.69) is 35.1 Å². The van der Waals surface area contributed by atoms with Crippen LogP contribution in [0.3, 0.4) is 0 Å². The Balaban J connectivity index is 2.33. The molecule has 1 heterocycles. The number of hydrogen-bond donors (Lipinski definition) is 0. The third-order valence-corrected chi connectivity index (χ3v) is 3.97. The fourth-order valence-electron chi connectivity index (χ4n) is 2.01. The number of benzene rings is 1. The lowest BCUT2D eigenvalue weighted by atomic mass is 10.0. The molecular formula is C15H17ClN2S. The fraction of sp³-hybridized carbons (Fsp3) is 0.333. The van der Waals surface area contributed by atoms with Gasteiger partial charge in [0.1, 0.15) is 11.0 Å². The molecule has 0 aliphatic heterocycles. The average Bonchev–Trinajstić information content (AvgIpc) is 2.36. The lowest BCUT2D eigenvalue weighted by Crippen LogP contribution is -2.03. The topological polar surface area (TPSA) is 25.8 Å². The number of rotatable bonds is 4. The molecule has 0 aliphatic rings. The van der Waals surface area contributed by atoms with E-state index < -0.39 is 0 Å². The highest BCUT2D eigenvalue weighted by Crippen LogP contribution is 2.22. The Kier molecular flexibility index (Phi) is 4.83. The Morgan fingerprint density at radius 1 is 1.16 bits per heavy atom. The summed E-state index contributed by atoms with van der Waals surface area (Å²) in [7, 11) is 0. The molecule has 0 saturated heterocycles. The first-order chi connectivity index (χ1) is 9.11. The number of hydrogen-bond acceptors (Lipinski definition) is 3. The predicted octanol–water partition coefficient (Wildman–Crippen LogP) is 4.20. The monoisotopic (exact) mass is 292 g/mol. The zero-order valence-corrected chi connectivity index (χ0v) is 13.0. The van der Waals surface area contributed by atoms with Crippen LogP contribution in [0, 0.1) is 13.8 Å². The highest BCUT2D eigenvalue weighted by atomic mass is 35.5. The quantitative estimate of drug-likeness (QED) is 0.790. The Morgan fingerprint density at radius 2 is 1.89 bits per heavy atom. The van der Waals surface area contributed by atoms with Crippen molar-refractivity contribution in [2.75, 3.05) is 6.26 Å². The largest absolute Gasteiger partial charge is 0.237 e. The van der Waals surface area contributed by atoms with E-state index in [-0.39, 0.29) is 0 Å². The second-order valence-electron chi connectivity index (χ2n) is 4.53. The van der Waals surface area contributed by atoms with Crippen molar-refractivity contribution in [2.24, 2.45) is 0 Å². The molecule has 0 aliphatic carbocycles. The Bertz CT molecular complexity index is 561. The molecule has 0 atom stereocenters. The molecule has 19 heavy (non-hydrogen) atoms. The summed E-state index contributed by atoms with van der Waals surface area (Å²) in [5.41, 5.74) is 4.55. The van der Waals surface area contributed by atoms with E-state index in [1.54, 1.807) is 11.8 Å². The molecule has 100 valence electrons. The SMILES string of the molecule is CSCc1nc(C)c(Cc2ccccc2C)c(Cl)n1. The van der Waals surface area contributed by atoms with Crippen molar-refractivity contribution in [1.29, 1.82) is 0 Å². The minimum Gasteiger partial charge on any atom is -0.237 e. The summed E-state index contributed by atoms with van der Waals surface area (Å²) < 4.78 is 0. The standard InChI is InChI=1S/C15H17ClN2S/c1-10-6-4-5-7-12(10)8-13-11(2)17-14(9-19-3)18-15(13)16/h4-7H,8-9H2,1-3H3. The van der Waals surface area contributed by atoms with Crippen LogP contribution in [0.4, 0.5) is 0 Å². The highest BCUT2D eigenvalue weighted by molar-refractivity contribution is 7.97. The van der Waals surface area contributed by atoms with Gasteiger partial charge in [0, 0.05) is 17.7 Å². The van der Waals surface area contributed by atoms with Crippen molar-refractivity contribution in [2.45, 2.75) is 26.0 Å². The van der Waals surface area contributed by atoms with Gasteiger partial charge in [-0.1, -0.05) is 35.9 Å². The van der Waals surface area contributed by atoms with Gasteiger partial charge in [0.15, 0.2) is 0 Å². The number of aryl methyl sites for hydroxylation is 2. The minimum absolute atomic E-state index is 0.583. The van der Waals surface area contributed by atoms with E-state index in [0.717, 1.165) is 29.3 Å². The minimum atomic E-state index is 0.583. The molecule has 2 aromatic rings. The molecule has 1 aromatic heterocycles. The molecule has 0 amide bonds. The lowest BCUT2D eigenvalue weighted by molar-refractivity contribution is 0.948. The van der Waals surface area contributed by atoms with Crippen molar-refractivity contribution >= 4 is 23.4 Å². The normalized spacial score (nSPS) is 10.7. The van der Waals surface area contributed by atoms with Crippen LogP contribution in [0.1, 0.15) is 28.2 Å². The molecule has 4 heteroatoms. The summed E-state index contributed by atoms with van der Waals surface area (Å²) in [6, 6.07) is 8.34. The van der Waals surface area contributed by atoms with E-state index in [4.69, 9.17) is 11.6 Å². The van der Waals surface area contributed by atoms with E-state index in [1.807, 2.05) is 19.2 Å². The van der Waals surface area contributed by atoms with Crippen molar-refractivity contribution in [1.82, 2.24) is 9.97 Å². The van der Waals surface area contributed by atoms with Crippen LogP contribution >= 0.6 is 23.4 Å². The molecule has 2 rings (SSSR count). The van der Waals surface area contributed by atoms with Gasteiger partial charge in [-0.3, -0.25) is 0 Å². The second kappa shape index (κ2) is 6.40. The van der Waals surface area contributed by atoms with Crippen LogP contribution in [0.15, 0.2) is 24.3 Å². The number of nitrogens with zero attached hydrogens (tertiary/aromatic N) is 2. The number of aromatic nitrogens is 2. The van der Waals surface area contributed by atoms with Crippen LogP contribution in [-0.2, 0) is 12.2 Å². The van der Waals surface area contributed by atoms with E-state index in [0.29, 0.717) is 5.15 Å². The first kappa shape index (κ1) is 14.4. The van der Waals surface area contributed by atoms with Crippen LogP contribution in [0.25, 0.3) is 0 Å². The van der Waals surface area contributed by atoms with Gasteiger partial charge in [0.05, 0.1) is 5.75 Å². The zero-order chi connectivity index (χ0) is 13.8. The van der Waals surface area contributed by atoms with Crippen LogP contribution in [0.5, 0.6) is 0 Å². The molecule has 0 N–H and O–H groups in total. The smallest absolute Gasteiger partial charge is 0.140 e. The van der Waals surface area contributed by atoms with Gasteiger partial charge in [-0.2, -0.15) is 11.8 Å². The van der Waals surface area contributed by atoms with Gasteiger partial charge < -0.3 is 0 Å². The molecule has 0 spiro atoms. The van der Waals surface area contributed by atoms with Crippen LogP contribution < -0.4 is 0 Å². The van der Waals surface area contributed by atoms with Crippen LogP contribution in [0.2, 0.25) is 5.15 Å². The van der Waals surface area contributed by atoms with Crippen molar-refractivity contribution in [3.63, 3.8) is 0 Å². The summed E-state index contributed by atoms with van der Waals surface area (Å²) in [5.74, 6) is 1.61. The first-order valence-corrected chi connectivity index (χ1v) is 7.94. The lowest BCUT2D eigenvalue weighted by Gasteiger charge is -2.11. The van der Waals surface area contributed by atoms with E-state index >= 15 is 0 Å². The summed E-state index contributed by atoms with van der Waals surface area (Å²) in [6.45, 7) is 4.12. The molecule has 0 unspecified atom stereocenters. The average molecular weight is 293 g/mol. The molecule has 0 radical (unpaired) electrons. The maximum atomic E-state index is 6.31. The van der Waals surface area contributed by atoms with Gasteiger partial charge in [0.2, 0.25) is 0 Å². The van der Waals surface area contributed by atoms with Gasteiger partial charge >= 0.3 is 0 Å².